The summed E-state index contributed by atoms with van der Waals surface area (Å²) in [6.07, 6.45) is 0.584. The Labute approximate surface area is 52.9 Å². The van der Waals surface area contributed by atoms with E-state index in [4.69, 9.17) is 10.2 Å². The minimum atomic E-state index is -0.259. The van der Waals surface area contributed by atoms with Gasteiger partial charge in [0.1, 0.15) is 0 Å². The summed E-state index contributed by atoms with van der Waals surface area (Å²) in [4.78, 5) is 0. The van der Waals surface area contributed by atoms with Gasteiger partial charge >= 0.3 is 0 Å². The van der Waals surface area contributed by atoms with Crippen LogP contribution >= 0.6 is 11.8 Å². The summed E-state index contributed by atoms with van der Waals surface area (Å²) in [5.41, 5.74) is 0. The summed E-state index contributed by atoms with van der Waals surface area (Å²) in [6.45, 7) is 0.117. The first kappa shape index (κ1) is 6.39. The van der Waals surface area contributed by atoms with E-state index in [9.17, 15) is 0 Å². The van der Waals surface area contributed by atoms with E-state index in [-0.39, 0.29) is 18.0 Å². The van der Waals surface area contributed by atoms with Crippen molar-refractivity contribution in [2.75, 3.05) is 12.4 Å². The Hall–Kier alpha value is 0.270. The van der Waals surface area contributed by atoms with Crippen LogP contribution in [0.25, 0.3) is 0 Å². The van der Waals surface area contributed by atoms with Gasteiger partial charge in [-0.15, -0.1) is 0 Å². The maximum atomic E-state index is 9.01. The quantitative estimate of drug-likeness (QED) is 0.524. The number of thioether (sulfide) groups is 1. The van der Waals surface area contributed by atoms with E-state index in [0.29, 0.717) is 0 Å². The molecule has 2 nitrogen and oxygen atoms in total. The monoisotopic (exact) mass is 134 g/mol. The van der Waals surface area contributed by atoms with Gasteiger partial charge in [0.2, 0.25) is 0 Å². The average molecular weight is 134 g/mol. The largest absolute Gasteiger partial charge is 0.395 e. The summed E-state index contributed by atoms with van der Waals surface area (Å²) in [5, 5.41) is 17.7. The molecule has 1 aliphatic heterocycles. The van der Waals surface area contributed by atoms with Crippen molar-refractivity contribution < 1.29 is 10.2 Å². The summed E-state index contributed by atoms with van der Waals surface area (Å²) in [5.74, 6) is 0.992. The fraction of sp³-hybridized carbons (Fsp3) is 1.00. The molecule has 1 saturated heterocycles. The molecule has 3 heteroatoms. The predicted octanol–water partition coefficient (Wildman–Crippen LogP) is -0.155. The Kier molecular flexibility index (Phi) is 2.16. The summed E-state index contributed by atoms with van der Waals surface area (Å²) in [7, 11) is 0. The van der Waals surface area contributed by atoms with Crippen molar-refractivity contribution in [3.8, 4) is 0 Å². The summed E-state index contributed by atoms with van der Waals surface area (Å²) < 4.78 is 0. The van der Waals surface area contributed by atoms with Crippen molar-refractivity contribution in [2.24, 2.45) is 0 Å². The van der Waals surface area contributed by atoms with Crippen LogP contribution in [0.2, 0.25) is 0 Å². The molecule has 0 unspecified atom stereocenters. The van der Waals surface area contributed by atoms with Gasteiger partial charge < -0.3 is 10.2 Å². The van der Waals surface area contributed by atoms with E-state index in [1.807, 2.05) is 0 Å². The Morgan fingerprint density at radius 3 is 2.62 bits per heavy atom. The van der Waals surface area contributed by atoms with E-state index in [0.717, 1.165) is 12.2 Å². The van der Waals surface area contributed by atoms with Gasteiger partial charge in [0.25, 0.3) is 0 Å². The first-order chi connectivity index (χ1) is 3.84. The lowest BCUT2D eigenvalue weighted by molar-refractivity contribution is 0.145. The lowest BCUT2D eigenvalue weighted by atomic mass is 10.2. The van der Waals surface area contributed by atoms with Crippen LogP contribution in [0.1, 0.15) is 6.42 Å². The molecule has 48 valence electrons. The van der Waals surface area contributed by atoms with Gasteiger partial charge in [-0.1, -0.05) is 0 Å². The van der Waals surface area contributed by atoms with Crippen LogP contribution in [-0.4, -0.2) is 33.9 Å². The van der Waals surface area contributed by atoms with Crippen molar-refractivity contribution in [3.05, 3.63) is 0 Å². The van der Waals surface area contributed by atoms with Gasteiger partial charge in [0, 0.05) is 0 Å². The predicted molar refractivity (Wildman–Crippen MR) is 34.0 cm³/mol. The highest BCUT2D eigenvalue weighted by Crippen LogP contribution is 2.25. The van der Waals surface area contributed by atoms with Crippen molar-refractivity contribution >= 4 is 11.8 Å². The molecule has 0 amide bonds. The second-order valence-electron chi connectivity index (χ2n) is 1.95. The number of hydrogen-bond donors (Lipinski definition) is 2. The van der Waals surface area contributed by atoms with E-state index in [2.05, 4.69) is 0 Å². The molecule has 1 rings (SSSR count). The van der Waals surface area contributed by atoms with Crippen molar-refractivity contribution in [1.82, 2.24) is 0 Å². The standard InChI is InChI=1S/C5H10O2S/c6-3-5-4(7)1-2-8-5/h4-7H,1-3H2/t4-,5-/m1/s1. The smallest absolute Gasteiger partial charge is 0.0688 e. The lowest BCUT2D eigenvalue weighted by Gasteiger charge is -2.07. The molecule has 0 aromatic rings. The number of hydrogen-bond acceptors (Lipinski definition) is 3. The first-order valence-electron chi connectivity index (χ1n) is 2.75. The first-order valence-corrected chi connectivity index (χ1v) is 3.80. The van der Waals surface area contributed by atoms with E-state index in [1.54, 1.807) is 11.8 Å². The van der Waals surface area contributed by atoms with Gasteiger partial charge in [-0.25, -0.2) is 0 Å². The maximum Gasteiger partial charge on any atom is 0.0688 e. The molecule has 2 atom stereocenters. The van der Waals surface area contributed by atoms with Crippen molar-refractivity contribution in [3.63, 3.8) is 0 Å². The molecule has 2 N–H and O–H groups in total. The Morgan fingerprint density at radius 2 is 2.38 bits per heavy atom. The van der Waals surface area contributed by atoms with Crippen molar-refractivity contribution in [1.29, 1.82) is 0 Å². The molecule has 1 aliphatic rings. The molecule has 0 bridgehead atoms. The van der Waals surface area contributed by atoms with Gasteiger partial charge in [-0.2, -0.15) is 11.8 Å². The minimum absolute atomic E-state index is 0.0926. The van der Waals surface area contributed by atoms with Crippen LogP contribution in [0.3, 0.4) is 0 Å². The van der Waals surface area contributed by atoms with Crippen LogP contribution in [-0.2, 0) is 0 Å². The van der Waals surface area contributed by atoms with Gasteiger partial charge in [0.05, 0.1) is 18.0 Å². The minimum Gasteiger partial charge on any atom is -0.395 e. The molecule has 1 heterocycles. The van der Waals surface area contributed by atoms with Crippen LogP contribution in [0.4, 0.5) is 0 Å². The van der Waals surface area contributed by atoms with Crippen LogP contribution < -0.4 is 0 Å². The Balaban J connectivity index is 2.30. The molecule has 0 radical (unpaired) electrons. The highest BCUT2D eigenvalue weighted by Gasteiger charge is 2.24. The SMILES string of the molecule is OC[C@H]1SCC[C@H]1O. The van der Waals surface area contributed by atoms with Crippen LogP contribution in [0.15, 0.2) is 0 Å². The molecule has 1 fully saturated rings. The molecule has 0 aromatic carbocycles. The third-order valence-corrected chi connectivity index (χ3v) is 2.72. The summed E-state index contributed by atoms with van der Waals surface area (Å²) in [6, 6.07) is 0. The third-order valence-electron chi connectivity index (χ3n) is 1.35. The zero-order chi connectivity index (χ0) is 5.98. The fourth-order valence-electron chi connectivity index (χ4n) is 0.812. The average Bonchev–Trinajstić information content (AvgIpc) is 2.14. The number of rotatable bonds is 1. The second kappa shape index (κ2) is 2.71. The molecule has 0 aromatic heterocycles. The van der Waals surface area contributed by atoms with Crippen LogP contribution in [0.5, 0.6) is 0 Å². The molecule has 0 saturated carbocycles. The topological polar surface area (TPSA) is 40.5 Å². The Morgan fingerprint density at radius 1 is 1.62 bits per heavy atom. The fourth-order valence-corrected chi connectivity index (χ4v) is 1.96. The molecular weight excluding hydrogens is 124 g/mol. The number of aliphatic hydroxyl groups is 2. The zero-order valence-corrected chi connectivity index (χ0v) is 5.40. The van der Waals surface area contributed by atoms with E-state index in [1.165, 1.54) is 0 Å². The number of aliphatic hydroxyl groups excluding tert-OH is 2. The summed E-state index contributed by atoms with van der Waals surface area (Å²) >= 11 is 1.65. The second-order valence-corrected chi connectivity index (χ2v) is 3.29. The molecule has 0 spiro atoms. The van der Waals surface area contributed by atoms with Gasteiger partial charge in [0.15, 0.2) is 0 Å². The maximum absolute atomic E-state index is 9.01. The van der Waals surface area contributed by atoms with Gasteiger partial charge in [-0.3, -0.25) is 0 Å². The highest BCUT2D eigenvalue weighted by molar-refractivity contribution is 8.00. The van der Waals surface area contributed by atoms with E-state index < -0.39 is 0 Å². The van der Waals surface area contributed by atoms with Crippen molar-refractivity contribution in [2.45, 2.75) is 17.8 Å². The van der Waals surface area contributed by atoms with Crippen LogP contribution in [0, 0.1) is 0 Å². The molecule has 8 heavy (non-hydrogen) atoms. The Bertz CT molecular complexity index is 76.8. The zero-order valence-electron chi connectivity index (χ0n) is 4.58. The molecule has 0 aliphatic carbocycles. The molecular formula is C5H10O2S. The lowest BCUT2D eigenvalue weighted by Crippen LogP contribution is -2.20. The third kappa shape index (κ3) is 1.16. The normalized spacial score (nSPS) is 38.2. The highest BCUT2D eigenvalue weighted by atomic mass is 32.2. The van der Waals surface area contributed by atoms with E-state index >= 15 is 0 Å². The van der Waals surface area contributed by atoms with Gasteiger partial charge in [-0.05, 0) is 12.2 Å².